The molecule has 1 aromatic carbocycles. The van der Waals surface area contributed by atoms with E-state index in [0.717, 1.165) is 5.56 Å². The average Bonchev–Trinajstić information content (AvgIpc) is 3.15. The molecule has 0 unspecified atom stereocenters. The van der Waals surface area contributed by atoms with E-state index in [1.165, 1.54) is 29.4 Å². The third kappa shape index (κ3) is 3.59. The molecule has 0 spiro atoms. The molecule has 0 fully saturated rings. The number of fused-ring (bicyclic) bond motifs is 1. The lowest BCUT2D eigenvalue weighted by Crippen LogP contribution is -2.43. The Morgan fingerprint density at radius 1 is 1.10 bits per heavy atom. The highest BCUT2D eigenvalue weighted by molar-refractivity contribution is 5.97. The summed E-state index contributed by atoms with van der Waals surface area (Å²) in [6, 6.07) is 9.68. The summed E-state index contributed by atoms with van der Waals surface area (Å²) in [5.41, 5.74) is 8.23. The molecule has 2 atom stereocenters. The number of hydrogen-bond acceptors (Lipinski definition) is 4. The van der Waals surface area contributed by atoms with Crippen LogP contribution in [0.25, 0.3) is 0 Å². The number of primary amides is 1. The number of carbonyl (C=O) groups is 2. The van der Waals surface area contributed by atoms with E-state index < -0.39 is 23.9 Å². The van der Waals surface area contributed by atoms with Crippen LogP contribution in [-0.2, 0) is 11.2 Å². The molecule has 6 nitrogen and oxygen atoms in total. The van der Waals surface area contributed by atoms with Crippen molar-refractivity contribution < 1.29 is 14.0 Å². The Balaban J connectivity index is 1.86. The summed E-state index contributed by atoms with van der Waals surface area (Å²) in [7, 11) is 0. The van der Waals surface area contributed by atoms with Gasteiger partial charge < -0.3 is 10.6 Å². The van der Waals surface area contributed by atoms with Crippen molar-refractivity contribution in [2.24, 2.45) is 5.73 Å². The van der Waals surface area contributed by atoms with E-state index >= 15 is 0 Å². The molecule has 1 aliphatic rings. The van der Waals surface area contributed by atoms with E-state index in [1.807, 2.05) is 0 Å². The molecule has 2 N–H and O–H groups in total. The zero-order valence-electron chi connectivity index (χ0n) is 15.5. The first-order valence-electron chi connectivity index (χ1n) is 9.26. The maximum absolute atomic E-state index is 14.0. The van der Waals surface area contributed by atoms with E-state index in [0.29, 0.717) is 29.5 Å². The largest absolute Gasteiger partial charge is 0.368 e. The molecule has 7 heteroatoms. The van der Waals surface area contributed by atoms with Crippen LogP contribution in [0, 0.1) is 5.82 Å². The summed E-state index contributed by atoms with van der Waals surface area (Å²) in [6.45, 7) is 0. The maximum Gasteiger partial charge on any atom is 0.256 e. The van der Waals surface area contributed by atoms with E-state index in [4.69, 9.17) is 5.73 Å². The zero-order valence-corrected chi connectivity index (χ0v) is 15.5. The molecule has 0 aliphatic heterocycles. The van der Waals surface area contributed by atoms with Gasteiger partial charge in [0.25, 0.3) is 5.91 Å². The third-order valence-corrected chi connectivity index (χ3v) is 5.18. The number of pyridine rings is 2. The van der Waals surface area contributed by atoms with Crippen LogP contribution in [0.4, 0.5) is 4.39 Å². The minimum Gasteiger partial charge on any atom is -0.368 e. The van der Waals surface area contributed by atoms with Crippen molar-refractivity contribution in [1.29, 1.82) is 0 Å². The van der Waals surface area contributed by atoms with Gasteiger partial charge in [0.1, 0.15) is 11.9 Å². The van der Waals surface area contributed by atoms with Crippen LogP contribution < -0.4 is 5.73 Å². The predicted molar refractivity (Wildman–Crippen MR) is 104 cm³/mol. The minimum atomic E-state index is -1.05. The second-order valence-electron chi connectivity index (χ2n) is 6.94. The van der Waals surface area contributed by atoms with Gasteiger partial charge in [0, 0.05) is 30.4 Å². The van der Waals surface area contributed by atoms with Gasteiger partial charge in [-0.15, -0.1) is 0 Å². The first kappa shape index (κ1) is 18.7. The highest BCUT2D eigenvalue weighted by Gasteiger charge is 2.39. The number of amides is 2. The topological polar surface area (TPSA) is 89.2 Å². The van der Waals surface area contributed by atoms with Gasteiger partial charge in [-0.05, 0) is 54.3 Å². The molecule has 29 heavy (non-hydrogen) atoms. The summed E-state index contributed by atoms with van der Waals surface area (Å²) in [4.78, 5) is 35.6. The van der Waals surface area contributed by atoms with Gasteiger partial charge in [0.15, 0.2) is 0 Å². The van der Waals surface area contributed by atoms with Crippen LogP contribution in [0.3, 0.4) is 0 Å². The Bertz CT molecular complexity index is 1040. The first-order chi connectivity index (χ1) is 14.1. The van der Waals surface area contributed by atoms with Crippen LogP contribution in [0.2, 0.25) is 0 Å². The number of aromatic nitrogens is 2. The van der Waals surface area contributed by atoms with E-state index in [9.17, 15) is 14.0 Å². The van der Waals surface area contributed by atoms with Crippen molar-refractivity contribution in [3.63, 3.8) is 0 Å². The molecule has 146 valence electrons. The Morgan fingerprint density at radius 3 is 2.52 bits per heavy atom. The summed E-state index contributed by atoms with van der Waals surface area (Å²) >= 11 is 0. The fourth-order valence-corrected chi connectivity index (χ4v) is 3.92. The van der Waals surface area contributed by atoms with Crippen molar-refractivity contribution in [1.82, 2.24) is 14.9 Å². The molecule has 0 bridgehead atoms. The van der Waals surface area contributed by atoms with E-state index in [1.54, 1.807) is 42.7 Å². The van der Waals surface area contributed by atoms with Crippen molar-refractivity contribution in [3.8, 4) is 0 Å². The molecule has 1 aliphatic carbocycles. The number of nitrogens with zero attached hydrogens (tertiary/aromatic N) is 3. The number of carbonyl (C=O) groups excluding carboxylic acids is 2. The lowest BCUT2D eigenvalue weighted by Gasteiger charge is -2.35. The SMILES string of the molecule is NC(=O)[C@@H](c1cccnc1)N(C(=O)c1cccnc1)[C@@H]1CCc2ccc(F)cc21. The van der Waals surface area contributed by atoms with Gasteiger partial charge in [-0.3, -0.25) is 19.6 Å². The molecule has 2 amide bonds. The molecule has 0 saturated carbocycles. The average molecular weight is 390 g/mol. The number of halogens is 1. The normalized spacial score (nSPS) is 16.1. The highest BCUT2D eigenvalue weighted by Crippen LogP contribution is 2.41. The Kier molecular flexibility index (Phi) is 5.03. The monoisotopic (exact) mass is 390 g/mol. The number of nitrogens with two attached hydrogens (primary N) is 1. The van der Waals surface area contributed by atoms with Crippen molar-refractivity contribution in [2.75, 3.05) is 0 Å². The highest BCUT2D eigenvalue weighted by atomic mass is 19.1. The predicted octanol–water partition coefficient (Wildman–Crippen LogP) is 2.97. The standard InChI is InChI=1S/C22H19FN4O2/c23-17-7-5-14-6-8-19(18(14)11-17)27(22(29)16-4-2-10-26-13-16)20(21(24)28)15-3-1-9-25-12-15/h1-5,7,9-13,19-20H,6,8H2,(H2,24,28)/t19-,20-/m1/s1. The van der Waals surface area contributed by atoms with Gasteiger partial charge in [0.2, 0.25) is 5.91 Å². The summed E-state index contributed by atoms with van der Waals surface area (Å²) in [5.74, 6) is -1.46. The zero-order chi connectivity index (χ0) is 20.4. The van der Waals surface area contributed by atoms with Gasteiger partial charge in [-0.25, -0.2) is 4.39 Å². The summed E-state index contributed by atoms with van der Waals surface area (Å²) < 4.78 is 14.0. The third-order valence-electron chi connectivity index (χ3n) is 5.18. The van der Waals surface area contributed by atoms with Crippen molar-refractivity contribution in [3.05, 3.63) is 95.3 Å². The van der Waals surface area contributed by atoms with Gasteiger partial charge in [-0.2, -0.15) is 0 Å². The lowest BCUT2D eigenvalue weighted by atomic mass is 9.99. The van der Waals surface area contributed by atoms with Crippen LogP contribution in [0.1, 0.15) is 45.6 Å². The molecule has 0 radical (unpaired) electrons. The lowest BCUT2D eigenvalue weighted by molar-refractivity contribution is -0.123. The van der Waals surface area contributed by atoms with Crippen LogP contribution in [0.5, 0.6) is 0 Å². The van der Waals surface area contributed by atoms with Crippen molar-refractivity contribution >= 4 is 11.8 Å². The second kappa shape index (κ2) is 7.79. The molecule has 2 heterocycles. The van der Waals surface area contributed by atoms with Crippen molar-refractivity contribution in [2.45, 2.75) is 24.9 Å². The fourth-order valence-electron chi connectivity index (χ4n) is 3.92. The van der Waals surface area contributed by atoms with E-state index in [-0.39, 0.29) is 5.82 Å². The Morgan fingerprint density at radius 2 is 1.86 bits per heavy atom. The summed E-state index contributed by atoms with van der Waals surface area (Å²) in [5, 5.41) is 0. The molecular weight excluding hydrogens is 371 g/mol. The smallest absolute Gasteiger partial charge is 0.256 e. The number of hydrogen-bond donors (Lipinski definition) is 1. The second-order valence-corrected chi connectivity index (χ2v) is 6.94. The molecule has 4 rings (SSSR count). The Hall–Kier alpha value is -3.61. The van der Waals surface area contributed by atoms with Gasteiger partial charge in [-0.1, -0.05) is 12.1 Å². The summed E-state index contributed by atoms with van der Waals surface area (Å²) in [6.07, 6.45) is 7.34. The van der Waals surface area contributed by atoms with Gasteiger partial charge in [0.05, 0.1) is 11.6 Å². The van der Waals surface area contributed by atoms with E-state index in [2.05, 4.69) is 9.97 Å². The quantitative estimate of drug-likeness (QED) is 0.725. The van der Waals surface area contributed by atoms with Crippen LogP contribution in [0.15, 0.2) is 67.3 Å². The van der Waals surface area contributed by atoms with Gasteiger partial charge >= 0.3 is 0 Å². The first-order valence-corrected chi connectivity index (χ1v) is 9.26. The number of aryl methyl sites for hydroxylation is 1. The number of rotatable bonds is 5. The van der Waals surface area contributed by atoms with Crippen LogP contribution >= 0.6 is 0 Å². The molecular formula is C22H19FN4O2. The van der Waals surface area contributed by atoms with Crippen LogP contribution in [-0.4, -0.2) is 26.7 Å². The molecule has 3 aromatic rings. The Labute approximate surface area is 167 Å². The number of benzene rings is 1. The minimum absolute atomic E-state index is 0.326. The fraction of sp³-hybridized carbons (Fsp3) is 0.182. The maximum atomic E-state index is 14.0. The molecule has 2 aromatic heterocycles. The molecule has 0 saturated heterocycles.